The van der Waals surface area contributed by atoms with Crippen LogP contribution in [-0.4, -0.2) is 17.0 Å². The average Bonchev–Trinajstić information content (AvgIpc) is 2.80. The fourth-order valence-electron chi connectivity index (χ4n) is 2.94. The molecule has 3 nitrogen and oxygen atoms in total. The van der Waals surface area contributed by atoms with Gasteiger partial charge in [-0.3, -0.25) is 0 Å². The summed E-state index contributed by atoms with van der Waals surface area (Å²) in [4.78, 5) is 11.3. The van der Waals surface area contributed by atoms with Gasteiger partial charge >= 0.3 is 0 Å². The highest BCUT2D eigenvalue weighted by Crippen LogP contribution is 2.36. The molecule has 1 heterocycles. The van der Waals surface area contributed by atoms with Gasteiger partial charge in [-0.2, -0.15) is 0 Å². The van der Waals surface area contributed by atoms with Crippen LogP contribution in [0.25, 0.3) is 0 Å². The van der Waals surface area contributed by atoms with E-state index in [1.807, 2.05) is 19.9 Å². The molecule has 0 saturated heterocycles. The van der Waals surface area contributed by atoms with Crippen molar-refractivity contribution >= 4 is 5.95 Å². The standard InChI is InChI=1S/C16H19N3/c1-11-10-12(2)18-16(17-11)19(3)15-9-8-13-6-4-5-7-14(13)15/h4-7,10,15H,8-9H2,1-3H3/t15-/m0/s1. The summed E-state index contributed by atoms with van der Waals surface area (Å²) in [5, 5.41) is 0. The first-order valence-electron chi connectivity index (χ1n) is 6.78. The van der Waals surface area contributed by atoms with E-state index in [2.05, 4.69) is 46.2 Å². The summed E-state index contributed by atoms with van der Waals surface area (Å²) in [5.74, 6) is 0.833. The van der Waals surface area contributed by atoms with E-state index < -0.39 is 0 Å². The normalized spacial score (nSPS) is 17.3. The number of fused-ring (bicyclic) bond motifs is 1. The fraction of sp³-hybridized carbons (Fsp3) is 0.375. The molecular weight excluding hydrogens is 234 g/mol. The van der Waals surface area contributed by atoms with E-state index in [4.69, 9.17) is 0 Å². The minimum atomic E-state index is 0.400. The molecule has 1 aliphatic carbocycles. The third kappa shape index (κ3) is 2.21. The van der Waals surface area contributed by atoms with E-state index in [-0.39, 0.29) is 0 Å². The Bertz CT molecular complexity index is 586. The quantitative estimate of drug-likeness (QED) is 0.823. The van der Waals surface area contributed by atoms with Gasteiger partial charge < -0.3 is 4.90 Å². The Morgan fingerprint density at radius 2 is 1.79 bits per heavy atom. The molecule has 19 heavy (non-hydrogen) atoms. The summed E-state index contributed by atoms with van der Waals surface area (Å²) in [5.41, 5.74) is 4.94. The zero-order chi connectivity index (χ0) is 13.4. The topological polar surface area (TPSA) is 29.0 Å². The second-order valence-corrected chi connectivity index (χ2v) is 5.31. The van der Waals surface area contributed by atoms with Crippen LogP contribution < -0.4 is 4.90 Å². The predicted molar refractivity (Wildman–Crippen MR) is 77.4 cm³/mol. The van der Waals surface area contributed by atoms with Gasteiger partial charge in [-0.25, -0.2) is 9.97 Å². The molecule has 3 rings (SSSR count). The van der Waals surface area contributed by atoms with E-state index in [1.54, 1.807) is 0 Å². The van der Waals surface area contributed by atoms with Crippen LogP contribution in [0.5, 0.6) is 0 Å². The van der Waals surface area contributed by atoms with Gasteiger partial charge in [0.25, 0.3) is 0 Å². The molecule has 1 aromatic heterocycles. The number of benzene rings is 1. The summed E-state index contributed by atoms with van der Waals surface area (Å²) in [6.45, 7) is 4.04. The van der Waals surface area contributed by atoms with Gasteiger partial charge in [0.2, 0.25) is 5.95 Å². The number of aromatic nitrogens is 2. The Morgan fingerprint density at radius 1 is 1.11 bits per heavy atom. The molecule has 0 unspecified atom stereocenters. The lowest BCUT2D eigenvalue weighted by molar-refractivity contribution is 0.644. The van der Waals surface area contributed by atoms with E-state index in [9.17, 15) is 0 Å². The highest BCUT2D eigenvalue weighted by atomic mass is 15.3. The Labute approximate surface area is 114 Å². The van der Waals surface area contributed by atoms with Crippen molar-refractivity contribution < 1.29 is 0 Å². The van der Waals surface area contributed by atoms with Crippen LogP contribution in [0.3, 0.4) is 0 Å². The Balaban J connectivity index is 1.95. The first-order valence-corrected chi connectivity index (χ1v) is 6.78. The maximum atomic E-state index is 4.57. The minimum absolute atomic E-state index is 0.400. The van der Waals surface area contributed by atoms with Crippen LogP contribution in [0.4, 0.5) is 5.95 Å². The number of rotatable bonds is 2. The van der Waals surface area contributed by atoms with Crippen molar-refractivity contribution in [2.24, 2.45) is 0 Å². The largest absolute Gasteiger partial charge is 0.337 e. The SMILES string of the molecule is Cc1cc(C)nc(N(C)[C@H]2CCc3ccccc32)n1. The van der Waals surface area contributed by atoms with Gasteiger partial charge in [0.05, 0.1) is 6.04 Å². The number of hydrogen-bond acceptors (Lipinski definition) is 3. The lowest BCUT2D eigenvalue weighted by Gasteiger charge is -2.25. The molecule has 0 fully saturated rings. The summed E-state index contributed by atoms with van der Waals surface area (Å²) >= 11 is 0. The molecule has 0 bridgehead atoms. The van der Waals surface area contributed by atoms with E-state index in [0.717, 1.165) is 30.2 Å². The molecule has 1 atom stereocenters. The van der Waals surface area contributed by atoms with Crippen molar-refractivity contribution in [2.75, 3.05) is 11.9 Å². The maximum absolute atomic E-state index is 4.57. The molecule has 98 valence electrons. The number of aryl methyl sites for hydroxylation is 3. The third-order valence-corrected chi connectivity index (χ3v) is 3.85. The monoisotopic (exact) mass is 253 g/mol. The first kappa shape index (κ1) is 12.2. The molecule has 0 spiro atoms. The zero-order valence-corrected chi connectivity index (χ0v) is 11.7. The molecule has 1 aromatic carbocycles. The summed E-state index contributed by atoms with van der Waals surface area (Å²) in [7, 11) is 2.10. The molecule has 3 heteroatoms. The van der Waals surface area contributed by atoms with Crippen molar-refractivity contribution in [3.63, 3.8) is 0 Å². The number of nitrogens with zero attached hydrogens (tertiary/aromatic N) is 3. The van der Waals surface area contributed by atoms with Crippen LogP contribution in [0.15, 0.2) is 30.3 Å². The van der Waals surface area contributed by atoms with Gasteiger partial charge in [0.1, 0.15) is 0 Å². The van der Waals surface area contributed by atoms with Gasteiger partial charge in [0.15, 0.2) is 0 Å². The summed E-state index contributed by atoms with van der Waals surface area (Å²) < 4.78 is 0. The van der Waals surface area contributed by atoms with Crippen molar-refractivity contribution in [2.45, 2.75) is 32.7 Å². The highest BCUT2D eigenvalue weighted by molar-refractivity contribution is 5.43. The van der Waals surface area contributed by atoms with Crippen LogP contribution in [0.1, 0.15) is 35.0 Å². The van der Waals surface area contributed by atoms with Crippen molar-refractivity contribution in [3.05, 3.63) is 52.8 Å². The zero-order valence-electron chi connectivity index (χ0n) is 11.7. The number of anilines is 1. The summed E-state index contributed by atoms with van der Waals surface area (Å²) in [6.07, 6.45) is 2.29. The Morgan fingerprint density at radius 3 is 2.53 bits per heavy atom. The van der Waals surface area contributed by atoms with Crippen molar-refractivity contribution in [3.8, 4) is 0 Å². The predicted octanol–water partition coefficient (Wildman–Crippen LogP) is 3.22. The second kappa shape index (κ2) is 4.65. The van der Waals surface area contributed by atoms with Crippen LogP contribution in [0, 0.1) is 13.8 Å². The second-order valence-electron chi connectivity index (χ2n) is 5.31. The highest BCUT2D eigenvalue weighted by Gasteiger charge is 2.26. The number of hydrogen-bond donors (Lipinski definition) is 0. The fourth-order valence-corrected chi connectivity index (χ4v) is 2.94. The smallest absolute Gasteiger partial charge is 0.226 e. The third-order valence-electron chi connectivity index (χ3n) is 3.85. The van der Waals surface area contributed by atoms with Crippen molar-refractivity contribution in [1.82, 2.24) is 9.97 Å². The molecule has 2 aromatic rings. The lowest BCUT2D eigenvalue weighted by Crippen LogP contribution is -2.24. The van der Waals surface area contributed by atoms with Crippen LogP contribution >= 0.6 is 0 Å². The van der Waals surface area contributed by atoms with E-state index in [0.29, 0.717) is 6.04 Å². The van der Waals surface area contributed by atoms with E-state index >= 15 is 0 Å². The molecule has 0 amide bonds. The molecule has 1 aliphatic rings. The Hall–Kier alpha value is -1.90. The average molecular weight is 253 g/mol. The van der Waals surface area contributed by atoms with Crippen LogP contribution in [0.2, 0.25) is 0 Å². The Kier molecular flexibility index (Phi) is 2.97. The lowest BCUT2D eigenvalue weighted by atomic mass is 10.1. The molecule has 0 saturated carbocycles. The van der Waals surface area contributed by atoms with Gasteiger partial charge in [-0.05, 0) is 43.9 Å². The van der Waals surface area contributed by atoms with Gasteiger partial charge in [-0.15, -0.1) is 0 Å². The van der Waals surface area contributed by atoms with Crippen LogP contribution in [-0.2, 0) is 6.42 Å². The van der Waals surface area contributed by atoms with Gasteiger partial charge in [-0.1, -0.05) is 24.3 Å². The molecule has 0 aliphatic heterocycles. The molecule has 0 radical (unpaired) electrons. The summed E-state index contributed by atoms with van der Waals surface area (Å²) in [6, 6.07) is 11.1. The van der Waals surface area contributed by atoms with E-state index in [1.165, 1.54) is 11.1 Å². The first-order chi connectivity index (χ1) is 9.15. The van der Waals surface area contributed by atoms with Gasteiger partial charge in [0, 0.05) is 18.4 Å². The maximum Gasteiger partial charge on any atom is 0.226 e. The molecule has 0 N–H and O–H groups in total. The minimum Gasteiger partial charge on any atom is -0.337 e. The van der Waals surface area contributed by atoms with Crippen molar-refractivity contribution in [1.29, 1.82) is 0 Å². The molecular formula is C16H19N3.